The topological polar surface area (TPSA) is 71.3 Å². The fraction of sp³-hybridized carbons (Fsp3) is 0.250. The van der Waals surface area contributed by atoms with Gasteiger partial charge < -0.3 is 14.7 Å². The second kappa shape index (κ2) is 7.84. The number of amides is 2. The number of para-hydroxylation sites is 1. The summed E-state index contributed by atoms with van der Waals surface area (Å²) in [6.45, 7) is 0.203. The Kier molecular flexibility index (Phi) is 5.31. The number of urea groups is 1. The summed E-state index contributed by atoms with van der Waals surface area (Å²) in [7, 11) is 0. The lowest BCUT2D eigenvalue weighted by molar-refractivity contribution is -0.138. The van der Waals surface area contributed by atoms with Crippen LogP contribution in [-0.4, -0.2) is 34.2 Å². The lowest BCUT2D eigenvalue weighted by Gasteiger charge is -2.37. The quantitative estimate of drug-likeness (QED) is 0.536. The SMILES string of the molecule is O=C(Nc1ccccc1C(F)(F)F)N1CC(c2nc(-c3cccc(C(F)(F)F)c3)no2)C1. The van der Waals surface area contributed by atoms with Crippen LogP contribution in [0.25, 0.3) is 11.4 Å². The van der Waals surface area contributed by atoms with Gasteiger partial charge in [-0.05, 0) is 24.3 Å². The summed E-state index contributed by atoms with van der Waals surface area (Å²) in [5, 5.41) is 5.93. The molecule has 0 bridgehead atoms. The summed E-state index contributed by atoms with van der Waals surface area (Å²) in [5.74, 6) is -0.295. The minimum absolute atomic E-state index is 0.0342. The number of aromatic nitrogens is 2. The van der Waals surface area contributed by atoms with Crippen LogP contribution in [0.2, 0.25) is 0 Å². The molecule has 168 valence electrons. The smallest absolute Gasteiger partial charge is 0.339 e. The van der Waals surface area contributed by atoms with Gasteiger partial charge in [0.1, 0.15) is 0 Å². The highest BCUT2D eigenvalue weighted by atomic mass is 19.4. The molecule has 32 heavy (non-hydrogen) atoms. The first-order valence-corrected chi connectivity index (χ1v) is 9.26. The second-order valence-electron chi connectivity index (χ2n) is 7.11. The van der Waals surface area contributed by atoms with Gasteiger partial charge >= 0.3 is 18.4 Å². The van der Waals surface area contributed by atoms with Gasteiger partial charge in [0.25, 0.3) is 0 Å². The van der Waals surface area contributed by atoms with E-state index in [0.29, 0.717) is 0 Å². The van der Waals surface area contributed by atoms with E-state index in [1.165, 1.54) is 29.2 Å². The number of hydrogen-bond acceptors (Lipinski definition) is 4. The van der Waals surface area contributed by atoms with Crippen LogP contribution in [0.4, 0.5) is 36.8 Å². The molecule has 1 N–H and O–H groups in total. The van der Waals surface area contributed by atoms with Crippen LogP contribution in [0.3, 0.4) is 0 Å². The number of alkyl halides is 6. The van der Waals surface area contributed by atoms with Crippen molar-refractivity contribution < 1.29 is 35.7 Å². The van der Waals surface area contributed by atoms with Crippen molar-refractivity contribution >= 4 is 11.7 Å². The Balaban J connectivity index is 1.40. The zero-order valence-corrected chi connectivity index (χ0v) is 16.0. The van der Waals surface area contributed by atoms with Crippen molar-refractivity contribution in [2.24, 2.45) is 0 Å². The minimum atomic E-state index is -4.62. The summed E-state index contributed by atoms with van der Waals surface area (Å²) in [5.41, 5.74) is -2.06. The van der Waals surface area contributed by atoms with E-state index in [-0.39, 0.29) is 42.0 Å². The first-order valence-electron chi connectivity index (χ1n) is 9.26. The number of benzene rings is 2. The van der Waals surface area contributed by atoms with Crippen molar-refractivity contribution in [2.45, 2.75) is 18.3 Å². The molecule has 0 atom stereocenters. The molecule has 1 saturated heterocycles. The molecule has 0 saturated carbocycles. The molecule has 0 aliphatic carbocycles. The Bertz CT molecular complexity index is 1140. The van der Waals surface area contributed by atoms with Gasteiger partial charge in [-0.15, -0.1) is 0 Å². The van der Waals surface area contributed by atoms with Gasteiger partial charge in [0.2, 0.25) is 11.7 Å². The molecule has 6 nitrogen and oxygen atoms in total. The van der Waals surface area contributed by atoms with Gasteiger partial charge in [-0.1, -0.05) is 29.4 Å². The molecule has 2 aromatic carbocycles. The summed E-state index contributed by atoms with van der Waals surface area (Å²) in [6.07, 6.45) is -9.14. The van der Waals surface area contributed by atoms with Crippen LogP contribution in [0, 0.1) is 0 Å². The zero-order valence-electron chi connectivity index (χ0n) is 16.0. The molecule has 0 unspecified atom stereocenters. The average molecular weight is 456 g/mol. The number of nitrogens with zero attached hydrogens (tertiary/aromatic N) is 3. The van der Waals surface area contributed by atoms with Crippen molar-refractivity contribution in [3.63, 3.8) is 0 Å². The fourth-order valence-electron chi connectivity index (χ4n) is 3.19. The maximum absolute atomic E-state index is 13.1. The molecule has 12 heteroatoms. The van der Waals surface area contributed by atoms with E-state index in [0.717, 1.165) is 24.3 Å². The maximum atomic E-state index is 13.1. The van der Waals surface area contributed by atoms with Crippen LogP contribution in [0.1, 0.15) is 22.9 Å². The van der Waals surface area contributed by atoms with Crippen LogP contribution in [0.15, 0.2) is 53.1 Å². The van der Waals surface area contributed by atoms with Gasteiger partial charge in [0.05, 0.1) is 22.7 Å². The van der Waals surface area contributed by atoms with E-state index in [4.69, 9.17) is 4.52 Å². The van der Waals surface area contributed by atoms with Crippen molar-refractivity contribution in [2.75, 3.05) is 18.4 Å². The van der Waals surface area contributed by atoms with Gasteiger partial charge in [-0.3, -0.25) is 0 Å². The zero-order chi connectivity index (χ0) is 23.1. The number of carbonyl (C=O) groups is 1. The van der Waals surface area contributed by atoms with Crippen molar-refractivity contribution in [3.8, 4) is 11.4 Å². The molecular weight excluding hydrogens is 442 g/mol. The molecule has 0 spiro atoms. The Morgan fingerprint density at radius 1 is 1.00 bits per heavy atom. The summed E-state index contributed by atoms with van der Waals surface area (Å²) < 4.78 is 82.9. The van der Waals surface area contributed by atoms with Crippen LogP contribution in [-0.2, 0) is 12.4 Å². The first kappa shape index (κ1) is 21.7. The Morgan fingerprint density at radius 3 is 2.41 bits per heavy atom. The summed E-state index contributed by atoms with van der Waals surface area (Å²) in [6, 6.07) is 8.32. The number of anilines is 1. The van der Waals surface area contributed by atoms with E-state index >= 15 is 0 Å². The molecule has 4 rings (SSSR count). The fourth-order valence-corrected chi connectivity index (χ4v) is 3.19. The van der Waals surface area contributed by atoms with Crippen LogP contribution >= 0.6 is 0 Å². The standard InChI is InChI=1S/C20H14F6N4O2/c21-19(22,23)13-5-3-4-11(8-13)16-28-17(32-29-16)12-9-30(10-12)18(31)27-15-7-2-1-6-14(15)20(24,25)26/h1-8,12H,9-10H2,(H,27,31). The summed E-state index contributed by atoms with van der Waals surface area (Å²) >= 11 is 0. The Morgan fingerprint density at radius 2 is 1.72 bits per heavy atom. The molecule has 1 fully saturated rings. The molecule has 0 radical (unpaired) electrons. The number of nitrogens with one attached hydrogen (secondary N) is 1. The molecule has 1 aliphatic rings. The largest absolute Gasteiger partial charge is 0.418 e. The lowest BCUT2D eigenvalue weighted by atomic mass is 10.0. The highest BCUT2D eigenvalue weighted by Crippen LogP contribution is 2.36. The third-order valence-corrected chi connectivity index (χ3v) is 4.88. The highest BCUT2D eigenvalue weighted by Gasteiger charge is 2.38. The molecule has 2 heterocycles. The van der Waals surface area contributed by atoms with Gasteiger partial charge in [-0.2, -0.15) is 31.3 Å². The van der Waals surface area contributed by atoms with Gasteiger partial charge in [0.15, 0.2) is 0 Å². The van der Waals surface area contributed by atoms with Gasteiger partial charge in [0, 0.05) is 18.7 Å². The predicted octanol–water partition coefficient (Wildman–Crippen LogP) is 5.41. The van der Waals surface area contributed by atoms with E-state index in [9.17, 15) is 31.1 Å². The summed E-state index contributed by atoms with van der Waals surface area (Å²) in [4.78, 5) is 17.6. The third-order valence-electron chi connectivity index (χ3n) is 4.88. The van der Waals surface area contributed by atoms with Crippen molar-refractivity contribution in [1.82, 2.24) is 15.0 Å². The van der Waals surface area contributed by atoms with E-state index < -0.39 is 29.5 Å². The molecule has 2 amide bonds. The minimum Gasteiger partial charge on any atom is -0.339 e. The third kappa shape index (κ3) is 4.39. The van der Waals surface area contributed by atoms with Crippen LogP contribution < -0.4 is 5.32 Å². The van der Waals surface area contributed by atoms with Crippen molar-refractivity contribution in [1.29, 1.82) is 0 Å². The average Bonchev–Trinajstić information content (AvgIpc) is 3.15. The van der Waals surface area contributed by atoms with E-state index in [2.05, 4.69) is 15.5 Å². The number of likely N-dealkylation sites (tertiary alicyclic amines) is 1. The lowest BCUT2D eigenvalue weighted by Crippen LogP contribution is -2.50. The van der Waals surface area contributed by atoms with Crippen molar-refractivity contribution in [3.05, 3.63) is 65.5 Å². The number of halogens is 6. The number of carbonyl (C=O) groups excluding carboxylic acids is 1. The maximum Gasteiger partial charge on any atom is 0.418 e. The highest BCUT2D eigenvalue weighted by molar-refractivity contribution is 5.91. The van der Waals surface area contributed by atoms with E-state index in [1.807, 2.05) is 0 Å². The Hall–Kier alpha value is -3.57. The molecule has 1 aliphatic heterocycles. The molecule has 3 aromatic rings. The normalized spacial score (nSPS) is 14.9. The number of rotatable bonds is 3. The van der Waals surface area contributed by atoms with Gasteiger partial charge in [-0.25, -0.2) is 4.79 Å². The second-order valence-corrected chi connectivity index (χ2v) is 7.11. The first-order chi connectivity index (χ1) is 15.0. The van der Waals surface area contributed by atoms with E-state index in [1.54, 1.807) is 0 Å². The Labute approximate surface area is 176 Å². The molecule has 1 aromatic heterocycles. The monoisotopic (exact) mass is 456 g/mol. The predicted molar refractivity (Wildman–Crippen MR) is 99.5 cm³/mol. The number of hydrogen-bond donors (Lipinski definition) is 1. The molecular formula is C20H14F6N4O2. The van der Waals surface area contributed by atoms with Crippen LogP contribution in [0.5, 0.6) is 0 Å².